The molecule has 0 saturated carbocycles. The molecule has 0 radical (unpaired) electrons. The third kappa shape index (κ3) is 3.15. The standard InChI is InChI=1S/C13H15ClN2O2S2/c1-9-7-11(4-5-12(9)15)20(17,18)16(2)8-10-3-6-13(14)19-10/h3-7H,8,15H2,1-2H3. The number of benzene rings is 1. The fourth-order valence-corrected chi connectivity index (χ4v) is 4.19. The van der Waals surface area contributed by atoms with E-state index in [0.29, 0.717) is 16.6 Å². The zero-order valence-corrected chi connectivity index (χ0v) is 13.5. The summed E-state index contributed by atoms with van der Waals surface area (Å²) >= 11 is 7.22. The number of thiophene rings is 1. The Morgan fingerprint density at radius 2 is 2.00 bits per heavy atom. The molecular weight excluding hydrogens is 316 g/mol. The fraction of sp³-hybridized carbons (Fsp3) is 0.231. The van der Waals surface area contributed by atoms with E-state index < -0.39 is 10.0 Å². The van der Waals surface area contributed by atoms with E-state index in [1.54, 1.807) is 32.2 Å². The second-order valence-electron chi connectivity index (χ2n) is 4.49. The number of hydrogen-bond acceptors (Lipinski definition) is 4. The van der Waals surface area contributed by atoms with Gasteiger partial charge in [0.25, 0.3) is 0 Å². The predicted octanol–water partition coefficient (Wildman–Crippen LogP) is 3.11. The highest BCUT2D eigenvalue weighted by molar-refractivity contribution is 7.89. The van der Waals surface area contributed by atoms with Crippen LogP contribution < -0.4 is 5.73 Å². The predicted molar refractivity (Wildman–Crippen MR) is 83.6 cm³/mol. The second-order valence-corrected chi connectivity index (χ2v) is 8.33. The molecule has 1 heterocycles. The highest BCUT2D eigenvalue weighted by atomic mass is 35.5. The van der Waals surface area contributed by atoms with Gasteiger partial charge >= 0.3 is 0 Å². The number of rotatable bonds is 4. The molecule has 2 rings (SSSR count). The number of nitrogens with zero attached hydrogens (tertiary/aromatic N) is 1. The Bertz CT molecular complexity index is 726. The van der Waals surface area contributed by atoms with E-state index in [1.165, 1.54) is 21.7 Å². The number of halogens is 1. The van der Waals surface area contributed by atoms with Gasteiger partial charge in [-0.1, -0.05) is 11.6 Å². The van der Waals surface area contributed by atoms with Crippen LogP contribution in [-0.4, -0.2) is 19.8 Å². The minimum absolute atomic E-state index is 0.245. The van der Waals surface area contributed by atoms with Gasteiger partial charge in [-0.25, -0.2) is 8.42 Å². The molecule has 0 aliphatic carbocycles. The first-order chi connectivity index (χ1) is 9.30. The quantitative estimate of drug-likeness (QED) is 0.876. The summed E-state index contributed by atoms with van der Waals surface area (Å²) in [6.45, 7) is 2.08. The summed E-state index contributed by atoms with van der Waals surface area (Å²) in [7, 11) is -1.98. The number of hydrogen-bond donors (Lipinski definition) is 1. The highest BCUT2D eigenvalue weighted by Gasteiger charge is 2.21. The molecule has 7 heteroatoms. The van der Waals surface area contributed by atoms with Crippen molar-refractivity contribution in [1.29, 1.82) is 0 Å². The molecule has 4 nitrogen and oxygen atoms in total. The van der Waals surface area contributed by atoms with Crippen molar-refractivity contribution in [3.05, 3.63) is 45.1 Å². The van der Waals surface area contributed by atoms with Gasteiger partial charge in [-0.15, -0.1) is 11.3 Å². The summed E-state index contributed by atoms with van der Waals surface area (Å²) in [6, 6.07) is 8.30. The van der Waals surface area contributed by atoms with Crippen LogP contribution in [0.15, 0.2) is 35.2 Å². The molecule has 0 bridgehead atoms. The lowest BCUT2D eigenvalue weighted by molar-refractivity contribution is 0.469. The summed E-state index contributed by atoms with van der Waals surface area (Å²) < 4.78 is 26.9. The van der Waals surface area contributed by atoms with Crippen LogP contribution in [-0.2, 0) is 16.6 Å². The Kier molecular flexibility index (Phi) is 4.39. The van der Waals surface area contributed by atoms with Gasteiger partial charge in [0.05, 0.1) is 9.23 Å². The minimum atomic E-state index is -3.53. The van der Waals surface area contributed by atoms with Crippen LogP contribution in [0.5, 0.6) is 0 Å². The number of aryl methyl sites for hydroxylation is 1. The summed E-state index contributed by atoms with van der Waals surface area (Å²) in [6.07, 6.45) is 0. The van der Waals surface area contributed by atoms with Crippen molar-refractivity contribution >= 4 is 38.6 Å². The number of nitrogens with two attached hydrogens (primary N) is 1. The lowest BCUT2D eigenvalue weighted by atomic mass is 10.2. The average molecular weight is 331 g/mol. The van der Waals surface area contributed by atoms with Crippen molar-refractivity contribution in [1.82, 2.24) is 4.31 Å². The first-order valence-electron chi connectivity index (χ1n) is 5.87. The van der Waals surface area contributed by atoms with Gasteiger partial charge in [0.1, 0.15) is 0 Å². The number of anilines is 1. The summed E-state index contributed by atoms with van der Waals surface area (Å²) in [5.74, 6) is 0. The molecule has 1 aromatic carbocycles. The van der Waals surface area contributed by atoms with Crippen LogP contribution >= 0.6 is 22.9 Å². The van der Waals surface area contributed by atoms with Crippen molar-refractivity contribution in [3.63, 3.8) is 0 Å². The van der Waals surface area contributed by atoms with Crippen molar-refractivity contribution < 1.29 is 8.42 Å². The van der Waals surface area contributed by atoms with Crippen LogP contribution in [0.25, 0.3) is 0 Å². The Morgan fingerprint density at radius 1 is 1.30 bits per heavy atom. The van der Waals surface area contributed by atoms with E-state index >= 15 is 0 Å². The zero-order valence-electron chi connectivity index (χ0n) is 11.1. The monoisotopic (exact) mass is 330 g/mol. The van der Waals surface area contributed by atoms with Gasteiger partial charge in [0, 0.05) is 24.2 Å². The van der Waals surface area contributed by atoms with Gasteiger partial charge in [0.2, 0.25) is 10.0 Å². The van der Waals surface area contributed by atoms with E-state index in [2.05, 4.69) is 0 Å². The molecule has 0 unspecified atom stereocenters. The molecule has 108 valence electrons. The molecule has 0 spiro atoms. The topological polar surface area (TPSA) is 63.4 Å². The van der Waals surface area contributed by atoms with E-state index in [9.17, 15) is 8.42 Å². The van der Waals surface area contributed by atoms with Crippen LogP contribution in [0.1, 0.15) is 10.4 Å². The van der Waals surface area contributed by atoms with Crippen molar-refractivity contribution in [2.75, 3.05) is 12.8 Å². The molecule has 20 heavy (non-hydrogen) atoms. The van der Waals surface area contributed by atoms with Crippen LogP contribution in [0.4, 0.5) is 5.69 Å². The lowest BCUT2D eigenvalue weighted by Gasteiger charge is -2.17. The maximum Gasteiger partial charge on any atom is 0.243 e. The normalized spacial score (nSPS) is 12.0. The van der Waals surface area contributed by atoms with Gasteiger partial charge in [0.15, 0.2) is 0 Å². The molecule has 2 aromatic rings. The van der Waals surface area contributed by atoms with E-state index in [4.69, 9.17) is 17.3 Å². The first-order valence-corrected chi connectivity index (χ1v) is 8.51. The van der Waals surface area contributed by atoms with Gasteiger partial charge in [-0.2, -0.15) is 4.31 Å². The van der Waals surface area contributed by atoms with Crippen molar-refractivity contribution in [3.8, 4) is 0 Å². The first kappa shape index (κ1) is 15.3. The number of nitrogen functional groups attached to an aromatic ring is 1. The van der Waals surface area contributed by atoms with Crippen LogP contribution in [0.3, 0.4) is 0 Å². The highest BCUT2D eigenvalue weighted by Crippen LogP contribution is 2.25. The molecule has 0 saturated heterocycles. The van der Waals surface area contributed by atoms with E-state index in [0.717, 1.165) is 10.4 Å². The minimum Gasteiger partial charge on any atom is -0.399 e. The molecule has 1 aromatic heterocycles. The van der Waals surface area contributed by atoms with Crippen molar-refractivity contribution in [2.24, 2.45) is 0 Å². The summed E-state index contributed by atoms with van der Waals surface area (Å²) in [4.78, 5) is 1.14. The SMILES string of the molecule is Cc1cc(S(=O)(=O)N(C)Cc2ccc(Cl)s2)ccc1N. The summed E-state index contributed by atoms with van der Waals surface area (Å²) in [5.41, 5.74) is 7.04. The van der Waals surface area contributed by atoms with E-state index in [-0.39, 0.29) is 4.90 Å². The van der Waals surface area contributed by atoms with Crippen LogP contribution in [0, 0.1) is 6.92 Å². The molecule has 0 fully saturated rings. The third-order valence-corrected chi connectivity index (χ3v) is 5.97. The Morgan fingerprint density at radius 3 is 2.55 bits per heavy atom. The Labute approximate surface area is 127 Å². The molecule has 2 N–H and O–H groups in total. The second kappa shape index (κ2) is 5.73. The van der Waals surface area contributed by atoms with Crippen LogP contribution in [0.2, 0.25) is 4.34 Å². The number of sulfonamides is 1. The molecule has 0 atom stereocenters. The van der Waals surface area contributed by atoms with E-state index in [1.807, 2.05) is 6.07 Å². The Hall–Kier alpha value is -1.08. The maximum absolute atomic E-state index is 12.5. The summed E-state index contributed by atoms with van der Waals surface area (Å²) in [5, 5.41) is 0. The van der Waals surface area contributed by atoms with Crippen molar-refractivity contribution in [2.45, 2.75) is 18.4 Å². The third-order valence-electron chi connectivity index (χ3n) is 2.96. The average Bonchev–Trinajstić information content (AvgIpc) is 2.78. The van der Waals surface area contributed by atoms with Gasteiger partial charge < -0.3 is 5.73 Å². The smallest absolute Gasteiger partial charge is 0.243 e. The zero-order chi connectivity index (χ0) is 14.9. The molecular formula is C13H15ClN2O2S2. The lowest BCUT2D eigenvalue weighted by Crippen LogP contribution is -2.26. The molecule has 0 aliphatic heterocycles. The maximum atomic E-state index is 12.5. The van der Waals surface area contributed by atoms with Gasteiger partial charge in [-0.3, -0.25) is 0 Å². The fourth-order valence-electron chi connectivity index (χ4n) is 1.73. The Balaban J connectivity index is 2.27. The largest absolute Gasteiger partial charge is 0.399 e. The molecule has 0 amide bonds. The molecule has 0 aliphatic rings. The van der Waals surface area contributed by atoms with Gasteiger partial charge in [-0.05, 0) is 42.8 Å².